The zero-order valence-electron chi connectivity index (χ0n) is 9.24. The highest BCUT2D eigenvalue weighted by Gasteiger charge is 2.06. The van der Waals surface area contributed by atoms with Gasteiger partial charge in [0, 0.05) is 11.4 Å². The van der Waals surface area contributed by atoms with Gasteiger partial charge in [-0.25, -0.2) is 9.97 Å². The summed E-state index contributed by atoms with van der Waals surface area (Å²) in [5.41, 5.74) is 14.4. The molecule has 0 spiro atoms. The first-order valence-electron chi connectivity index (χ1n) is 4.97. The molecule has 2 rings (SSSR count). The summed E-state index contributed by atoms with van der Waals surface area (Å²) in [6.45, 7) is 1.93. The molecule has 1 heterocycles. The Balaban J connectivity index is 2.31. The van der Waals surface area contributed by atoms with Crippen LogP contribution in [0.25, 0.3) is 0 Å². The minimum absolute atomic E-state index is 0.231. The second kappa shape index (κ2) is 4.47. The van der Waals surface area contributed by atoms with E-state index >= 15 is 0 Å². The maximum atomic E-state index is 5.80. The van der Waals surface area contributed by atoms with Crippen LogP contribution >= 0.6 is 11.6 Å². The van der Waals surface area contributed by atoms with Crippen LogP contribution in [0.4, 0.5) is 22.9 Å². The summed E-state index contributed by atoms with van der Waals surface area (Å²) in [4.78, 5) is 7.81. The average molecular weight is 250 g/mol. The highest BCUT2D eigenvalue weighted by Crippen LogP contribution is 2.26. The van der Waals surface area contributed by atoms with Crippen molar-refractivity contribution in [3.8, 4) is 0 Å². The van der Waals surface area contributed by atoms with Gasteiger partial charge in [-0.2, -0.15) is 0 Å². The molecule has 0 bridgehead atoms. The maximum Gasteiger partial charge on any atom is 0.158 e. The standard InChI is InChI=1S/C11H12ClN5/c1-6-4-7(2-3-8(6)13)17-11-9(14)10(12)15-5-16-11/h2-5H,13-14H2,1H3,(H,15,16,17). The monoisotopic (exact) mass is 249 g/mol. The van der Waals surface area contributed by atoms with Gasteiger partial charge in [-0.3, -0.25) is 0 Å². The number of hydrogen-bond acceptors (Lipinski definition) is 5. The number of nitrogen functional groups attached to an aromatic ring is 2. The molecule has 17 heavy (non-hydrogen) atoms. The second-order valence-corrected chi connectivity index (χ2v) is 3.98. The molecule has 0 saturated heterocycles. The van der Waals surface area contributed by atoms with Crippen molar-refractivity contribution in [1.29, 1.82) is 0 Å². The van der Waals surface area contributed by atoms with E-state index in [0.717, 1.165) is 16.9 Å². The number of rotatable bonds is 2. The Bertz CT molecular complexity index is 556. The van der Waals surface area contributed by atoms with Crippen molar-refractivity contribution < 1.29 is 0 Å². The van der Waals surface area contributed by atoms with Gasteiger partial charge in [-0.15, -0.1) is 0 Å². The molecule has 0 unspecified atom stereocenters. The Labute approximate surface area is 104 Å². The number of anilines is 4. The topological polar surface area (TPSA) is 89.8 Å². The summed E-state index contributed by atoms with van der Waals surface area (Å²) in [6, 6.07) is 5.57. The zero-order valence-corrected chi connectivity index (χ0v) is 9.99. The highest BCUT2D eigenvalue weighted by molar-refractivity contribution is 6.32. The van der Waals surface area contributed by atoms with E-state index in [2.05, 4.69) is 15.3 Å². The van der Waals surface area contributed by atoms with Crippen LogP contribution in [-0.2, 0) is 0 Å². The first-order valence-corrected chi connectivity index (χ1v) is 5.35. The molecule has 0 atom stereocenters. The summed E-state index contributed by atoms with van der Waals surface area (Å²) >= 11 is 5.80. The Kier molecular flexibility index (Phi) is 3.01. The van der Waals surface area contributed by atoms with Crippen LogP contribution in [0.15, 0.2) is 24.5 Å². The number of hydrogen-bond donors (Lipinski definition) is 3. The van der Waals surface area contributed by atoms with Crippen molar-refractivity contribution >= 4 is 34.5 Å². The zero-order chi connectivity index (χ0) is 12.4. The molecule has 1 aromatic carbocycles. The van der Waals surface area contributed by atoms with Gasteiger partial charge in [0.05, 0.1) is 0 Å². The lowest BCUT2D eigenvalue weighted by Crippen LogP contribution is -2.01. The van der Waals surface area contributed by atoms with Crippen molar-refractivity contribution in [1.82, 2.24) is 9.97 Å². The molecule has 1 aromatic heterocycles. The van der Waals surface area contributed by atoms with E-state index in [-0.39, 0.29) is 5.15 Å². The summed E-state index contributed by atoms with van der Waals surface area (Å²) in [7, 11) is 0. The van der Waals surface area contributed by atoms with Gasteiger partial charge in [0.2, 0.25) is 0 Å². The second-order valence-electron chi connectivity index (χ2n) is 3.62. The minimum atomic E-state index is 0.231. The Hall–Kier alpha value is -2.01. The molecular weight excluding hydrogens is 238 g/mol. The normalized spacial score (nSPS) is 10.2. The van der Waals surface area contributed by atoms with Crippen LogP contribution in [-0.4, -0.2) is 9.97 Å². The number of benzene rings is 1. The fraction of sp³-hybridized carbons (Fsp3) is 0.0909. The minimum Gasteiger partial charge on any atom is -0.399 e. The van der Waals surface area contributed by atoms with Crippen LogP contribution in [0, 0.1) is 6.92 Å². The molecule has 0 aliphatic rings. The lowest BCUT2D eigenvalue weighted by molar-refractivity contribution is 1.17. The van der Waals surface area contributed by atoms with Crippen LogP contribution in [0.5, 0.6) is 0 Å². The number of halogens is 1. The summed E-state index contributed by atoms with van der Waals surface area (Å²) in [6.07, 6.45) is 1.35. The molecular formula is C11H12ClN5. The van der Waals surface area contributed by atoms with Crippen molar-refractivity contribution in [2.45, 2.75) is 6.92 Å². The van der Waals surface area contributed by atoms with Crippen LogP contribution in [0.1, 0.15) is 5.56 Å². The lowest BCUT2D eigenvalue weighted by atomic mass is 10.2. The van der Waals surface area contributed by atoms with E-state index in [1.807, 2.05) is 25.1 Å². The third-order valence-electron chi connectivity index (χ3n) is 2.37. The number of nitrogens with one attached hydrogen (secondary N) is 1. The average Bonchev–Trinajstić information content (AvgIpc) is 2.30. The predicted molar refractivity (Wildman–Crippen MR) is 70.3 cm³/mol. The van der Waals surface area contributed by atoms with Crippen LogP contribution < -0.4 is 16.8 Å². The van der Waals surface area contributed by atoms with Crippen molar-refractivity contribution in [2.75, 3.05) is 16.8 Å². The van der Waals surface area contributed by atoms with E-state index < -0.39 is 0 Å². The molecule has 0 saturated carbocycles. The fourth-order valence-electron chi connectivity index (χ4n) is 1.36. The number of nitrogens with zero attached hydrogens (tertiary/aromatic N) is 2. The smallest absolute Gasteiger partial charge is 0.158 e. The van der Waals surface area contributed by atoms with Gasteiger partial charge in [0.1, 0.15) is 12.0 Å². The first-order chi connectivity index (χ1) is 8.08. The van der Waals surface area contributed by atoms with Crippen molar-refractivity contribution in [2.24, 2.45) is 0 Å². The molecule has 0 amide bonds. The van der Waals surface area contributed by atoms with Crippen LogP contribution in [0.3, 0.4) is 0 Å². The van der Waals surface area contributed by atoms with E-state index in [9.17, 15) is 0 Å². The molecule has 0 fully saturated rings. The first kappa shape index (κ1) is 11.5. The molecule has 0 aliphatic heterocycles. The fourth-order valence-corrected chi connectivity index (χ4v) is 1.50. The molecule has 0 aliphatic carbocycles. The molecule has 2 aromatic rings. The van der Waals surface area contributed by atoms with Gasteiger partial charge in [-0.1, -0.05) is 11.6 Å². The predicted octanol–water partition coefficient (Wildman–Crippen LogP) is 2.35. The van der Waals surface area contributed by atoms with Crippen molar-refractivity contribution in [3.63, 3.8) is 0 Å². The van der Waals surface area contributed by atoms with E-state index in [1.165, 1.54) is 6.33 Å². The third-order valence-corrected chi connectivity index (χ3v) is 2.67. The highest BCUT2D eigenvalue weighted by atomic mass is 35.5. The third kappa shape index (κ3) is 2.39. The summed E-state index contributed by atoms with van der Waals surface area (Å²) in [5.74, 6) is 0.481. The molecule has 88 valence electrons. The number of aromatic nitrogens is 2. The van der Waals surface area contributed by atoms with E-state index in [0.29, 0.717) is 11.5 Å². The Morgan fingerprint density at radius 1 is 1.24 bits per heavy atom. The molecule has 5 N–H and O–H groups in total. The Morgan fingerprint density at radius 3 is 2.71 bits per heavy atom. The SMILES string of the molecule is Cc1cc(Nc2ncnc(Cl)c2N)ccc1N. The quantitative estimate of drug-likeness (QED) is 0.561. The molecule has 0 radical (unpaired) electrons. The van der Waals surface area contributed by atoms with E-state index in [1.54, 1.807) is 0 Å². The number of aryl methyl sites for hydroxylation is 1. The van der Waals surface area contributed by atoms with Crippen molar-refractivity contribution in [3.05, 3.63) is 35.2 Å². The Morgan fingerprint density at radius 2 is 2.00 bits per heavy atom. The summed E-state index contributed by atoms with van der Waals surface area (Å²) < 4.78 is 0. The van der Waals surface area contributed by atoms with Gasteiger partial charge < -0.3 is 16.8 Å². The summed E-state index contributed by atoms with van der Waals surface area (Å²) in [5, 5.41) is 3.30. The molecule has 6 heteroatoms. The van der Waals surface area contributed by atoms with Gasteiger partial charge in [-0.05, 0) is 30.7 Å². The van der Waals surface area contributed by atoms with Gasteiger partial charge >= 0.3 is 0 Å². The largest absolute Gasteiger partial charge is 0.399 e. The number of nitrogens with two attached hydrogens (primary N) is 2. The maximum absolute atomic E-state index is 5.80. The van der Waals surface area contributed by atoms with Gasteiger partial charge in [0.15, 0.2) is 11.0 Å². The van der Waals surface area contributed by atoms with Crippen LogP contribution in [0.2, 0.25) is 5.15 Å². The van der Waals surface area contributed by atoms with Gasteiger partial charge in [0.25, 0.3) is 0 Å². The van der Waals surface area contributed by atoms with E-state index in [4.69, 9.17) is 23.1 Å². The lowest BCUT2D eigenvalue weighted by Gasteiger charge is -2.10. The molecule has 5 nitrogen and oxygen atoms in total.